The zero-order chi connectivity index (χ0) is 14.3. The Labute approximate surface area is 116 Å². The van der Waals surface area contributed by atoms with E-state index < -0.39 is 0 Å². The molecule has 1 heterocycles. The predicted octanol–water partition coefficient (Wildman–Crippen LogP) is 2.50. The zero-order valence-corrected chi connectivity index (χ0v) is 12.7. The van der Waals surface area contributed by atoms with Crippen LogP contribution < -0.4 is 10.2 Å². The summed E-state index contributed by atoms with van der Waals surface area (Å²) >= 11 is 0. The molecule has 0 aliphatic heterocycles. The Kier molecular flexibility index (Phi) is 6.56. The first kappa shape index (κ1) is 15.7. The molecule has 1 aromatic heterocycles. The van der Waals surface area contributed by atoms with Gasteiger partial charge in [0.1, 0.15) is 17.5 Å². The average molecular weight is 266 g/mol. The van der Waals surface area contributed by atoms with Gasteiger partial charge in [-0.15, -0.1) is 0 Å². The van der Waals surface area contributed by atoms with Crippen LogP contribution in [0.25, 0.3) is 0 Å². The minimum absolute atomic E-state index is 0.318. The fourth-order valence-electron chi connectivity index (χ4n) is 1.78. The highest BCUT2D eigenvalue weighted by Crippen LogP contribution is 2.19. The summed E-state index contributed by atoms with van der Waals surface area (Å²) in [6.07, 6.45) is 0. The average Bonchev–Trinajstić information content (AvgIpc) is 2.39. The van der Waals surface area contributed by atoms with E-state index in [0.29, 0.717) is 12.5 Å². The van der Waals surface area contributed by atoms with Crippen LogP contribution in [-0.4, -0.2) is 43.3 Å². The Morgan fingerprint density at radius 2 is 2.05 bits per heavy atom. The van der Waals surface area contributed by atoms with Crippen LogP contribution in [0.1, 0.15) is 39.4 Å². The molecule has 1 aromatic rings. The van der Waals surface area contributed by atoms with E-state index in [2.05, 4.69) is 47.9 Å². The molecule has 19 heavy (non-hydrogen) atoms. The molecule has 0 saturated carbocycles. The normalized spacial score (nSPS) is 10.8. The van der Waals surface area contributed by atoms with Crippen molar-refractivity contribution in [2.45, 2.75) is 33.6 Å². The van der Waals surface area contributed by atoms with Crippen molar-refractivity contribution in [3.63, 3.8) is 0 Å². The molecule has 108 valence electrons. The van der Waals surface area contributed by atoms with Gasteiger partial charge >= 0.3 is 0 Å². The SMILES string of the molecule is CCNc1cc(N(CC)CCOC)nc(C(C)C)n1. The lowest BCUT2D eigenvalue weighted by molar-refractivity contribution is 0.205. The first-order valence-corrected chi connectivity index (χ1v) is 6.99. The van der Waals surface area contributed by atoms with Crippen molar-refractivity contribution >= 4 is 11.6 Å². The summed E-state index contributed by atoms with van der Waals surface area (Å²) < 4.78 is 5.15. The lowest BCUT2D eigenvalue weighted by atomic mass is 10.2. The van der Waals surface area contributed by atoms with Gasteiger partial charge in [0.15, 0.2) is 0 Å². The third-order valence-corrected chi connectivity index (χ3v) is 2.88. The minimum Gasteiger partial charge on any atom is -0.383 e. The molecule has 0 aliphatic rings. The molecule has 0 radical (unpaired) electrons. The van der Waals surface area contributed by atoms with Crippen LogP contribution in [-0.2, 0) is 4.74 Å². The van der Waals surface area contributed by atoms with Gasteiger partial charge in [0.25, 0.3) is 0 Å². The van der Waals surface area contributed by atoms with Crippen LogP contribution in [0.15, 0.2) is 6.07 Å². The summed E-state index contributed by atoms with van der Waals surface area (Å²) in [6, 6.07) is 2.01. The summed E-state index contributed by atoms with van der Waals surface area (Å²) in [5, 5.41) is 3.27. The fourth-order valence-corrected chi connectivity index (χ4v) is 1.78. The summed E-state index contributed by atoms with van der Waals surface area (Å²) in [5.74, 6) is 3.06. The standard InChI is InChI=1S/C14H26N4O/c1-6-15-12-10-13(17-14(16-12)11(3)4)18(7-2)8-9-19-5/h10-11H,6-9H2,1-5H3,(H,15,16,17). The molecule has 0 amide bonds. The van der Waals surface area contributed by atoms with E-state index in [4.69, 9.17) is 4.74 Å². The van der Waals surface area contributed by atoms with Gasteiger partial charge < -0.3 is 15.0 Å². The van der Waals surface area contributed by atoms with Crippen LogP contribution in [0.4, 0.5) is 11.6 Å². The lowest BCUT2D eigenvalue weighted by Crippen LogP contribution is -2.28. The summed E-state index contributed by atoms with van der Waals surface area (Å²) in [6.45, 7) is 11.7. The van der Waals surface area contributed by atoms with Gasteiger partial charge in [0, 0.05) is 38.7 Å². The number of aromatic nitrogens is 2. The molecule has 0 fully saturated rings. The van der Waals surface area contributed by atoms with E-state index in [1.807, 2.05) is 6.07 Å². The Balaban J connectivity index is 3.02. The smallest absolute Gasteiger partial charge is 0.135 e. The van der Waals surface area contributed by atoms with Gasteiger partial charge in [-0.1, -0.05) is 13.8 Å². The lowest BCUT2D eigenvalue weighted by Gasteiger charge is -2.23. The maximum absolute atomic E-state index is 5.15. The fraction of sp³-hybridized carbons (Fsp3) is 0.714. The van der Waals surface area contributed by atoms with Gasteiger partial charge in [0.05, 0.1) is 6.61 Å². The third-order valence-electron chi connectivity index (χ3n) is 2.88. The van der Waals surface area contributed by atoms with Crippen molar-refractivity contribution in [3.8, 4) is 0 Å². The van der Waals surface area contributed by atoms with Crippen LogP contribution in [0.2, 0.25) is 0 Å². The summed E-state index contributed by atoms with van der Waals surface area (Å²) in [4.78, 5) is 11.4. The maximum atomic E-state index is 5.15. The molecular weight excluding hydrogens is 240 g/mol. The van der Waals surface area contributed by atoms with E-state index in [0.717, 1.165) is 37.1 Å². The molecular formula is C14H26N4O. The number of hydrogen-bond donors (Lipinski definition) is 1. The third kappa shape index (κ3) is 4.67. The van der Waals surface area contributed by atoms with Crippen molar-refractivity contribution in [3.05, 3.63) is 11.9 Å². The largest absolute Gasteiger partial charge is 0.383 e. The summed E-state index contributed by atoms with van der Waals surface area (Å²) in [7, 11) is 1.72. The highest BCUT2D eigenvalue weighted by Gasteiger charge is 2.12. The second kappa shape index (κ2) is 7.94. The highest BCUT2D eigenvalue weighted by atomic mass is 16.5. The monoisotopic (exact) mass is 266 g/mol. The first-order valence-electron chi connectivity index (χ1n) is 6.99. The zero-order valence-electron chi connectivity index (χ0n) is 12.7. The number of methoxy groups -OCH3 is 1. The Hall–Kier alpha value is -1.36. The Bertz CT molecular complexity index is 382. The number of anilines is 2. The van der Waals surface area contributed by atoms with Gasteiger partial charge in [-0.2, -0.15) is 0 Å². The first-order chi connectivity index (χ1) is 9.12. The molecule has 0 bridgehead atoms. The molecule has 0 aliphatic carbocycles. The van der Waals surface area contributed by atoms with Gasteiger partial charge in [-0.25, -0.2) is 9.97 Å². The second-order valence-corrected chi connectivity index (χ2v) is 4.73. The van der Waals surface area contributed by atoms with Gasteiger partial charge in [-0.05, 0) is 13.8 Å². The molecule has 1 rings (SSSR count). The van der Waals surface area contributed by atoms with Crippen LogP contribution in [0, 0.1) is 0 Å². The van der Waals surface area contributed by atoms with E-state index in [-0.39, 0.29) is 0 Å². The van der Waals surface area contributed by atoms with E-state index in [1.54, 1.807) is 7.11 Å². The van der Waals surface area contributed by atoms with Crippen molar-refractivity contribution < 1.29 is 4.74 Å². The number of nitrogens with one attached hydrogen (secondary N) is 1. The molecule has 5 heteroatoms. The molecule has 0 atom stereocenters. The minimum atomic E-state index is 0.318. The quantitative estimate of drug-likeness (QED) is 0.783. The Morgan fingerprint density at radius 3 is 2.58 bits per heavy atom. The topological polar surface area (TPSA) is 50.3 Å². The Morgan fingerprint density at radius 1 is 1.32 bits per heavy atom. The molecule has 1 N–H and O–H groups in total. The predicted molar refractivity (Wildman–Crippen MR) is 80.0 cm³/mol. The molecule has 0 aromatic carbocycles. The van der Waals surface area contributed by atoms with E-state index >= 15 is 0 Å². The second-order valence-electron chi connectivity index (χ2n) is 4.73. The van der Waals surface area contributed by atoms with Crippen molar-refractivity contribution in [1.82, 2.24) is 9.97 Å². The van der Waals surface area contributed by atoms with Gasteiger partial charge in [0.2, 0.25) is 0 Å². The van der Waals surface area contributed by atoms with Crippen LogP contribution in [0.5, 0.6) is 0 Å². The number of hydrogen-bond acceptors (Lipinski definition) is 5. The number of rotatable bonds is 8. The molecule has 0 unspecified atom stereocenters. The van der Waals surface area contributed by atoms with Crippen molar-refractivity contribution in [1.29, 1.82) is 0 Å². The van der Waals surface area contributed by atoms with Gasteiger partial charge in [-0.3, -0.25) is 0 Å². The number of nitrogens with zero attached hydrogens (tertiary/aromatic N) is 3. The van der Waals surface area contributed by atoms with Crippen LogP contribution in [0.3, 0.4) is 0 Å². The number of ether oxygens (including phenoxy) is 1. The molecule has 0 spiro atoms. The van der Waals surface area contributed by atoms with Crippen molar-refractivity contribution in [2.24, 2.45) is 0 Å². The molecule has 5 nitrogen and oxygen atoms in total. The molecule has 0 saturated heterocycles. The van der Waals surface area contributed by atoms with Crippen molar-refractivity contribution in [2.75, 3.05) is 43.6 Å². The highest BCUT2D eigenvalue weighted by molar-refractivity contribution is 5.49. The van der Waals surface area contributed by atoms with E-state index in [1.165, 1.54) is 0 Å². The van der Waals surface area contributed by atoms with Crippen LogP contribution >= 0.6 is 0 Å². The maximum Gasteiger partial charge on any atom is 0.135 e. The van der Waals surface area contributed by atoms with E-state index in [9.17, 15) is 0 Å². The number of likely N-dealkylation sites (N-methyl/N-ethyl adjacent to an activating group) is 1. The summed E-state index contributed by atoms with van der Waals surface area (Å²) in [5.41, 5.74) is 0.